The Kier molecular flexibility index (Phi) is 6.10. The van der Waals surface area contributed by atoms with Crippen LogP contribution in [0.25, 0.3) is 0 Å². The molecule has 0 aliphatic carbocycles. The van der Waals surface area contributed by atoms with Gasteiger partial charge in [-0.05, 0) is 43.3 Å². The molecule has 3 amide bonds. The molecule has 0 aromatic heterocycles. The number of para-hydroxylation sites is 1. The number of hydrogen-bond donors (Lipinski definition) is 2. The molecule has 7 nitrogen and oxygen atoms in total. The molecule has 0 spiro atoms. The quantitative estimate of drug-likeness (QED) is 0.760. The van der Waals surface area contributed by atoms with Gasteiger partial charge in [0.15, 0.2) is 0 Å². The minimum absolute atomic E-state index is 0.0590. The molecule has 1 aliphatic rings. The zero-order valence-electron chi connectivity index (χ0n) is 15.5. The fourth-order valence-electron chi connectivity index (χ4n) is 2.59. The predicted octanol–water partition coefficient (Wildman–Crippen LogP) is 2.99. The van der Waals surface area contributed by atoms with Gasteiger partial charge in [0, 0.05) is 17.5 Å². The number of amides is 3. The lowest BCUT2D eigenvalue weighted by Gasteiger charge is -2.12. The number of hydrogen-bond acceptors (Lipinski definition) is 5. The third-order valence-corrected chi connectivity index (χ3v) is 5.01. The van der Waals surface area contributed by atoms with Gasteiger partial charge < -0.3 is 10.6 Å². The zero-order valence-corrected chi connectivity index (χ0v) is 16.3. The maximum Gasteiger partial charge on any atom is 0.255 e. The number of nitrogens with one attached hydrogen (secondary N) is 2. The normalized spacial score (nSPS) is 14.4. The zero-order chi connectivity index (χ0) is 20.1. The van der Waals surface area contributed by atoms with Crippen molar-refractivity contribution in [3.63, 3.8) is 0 Å². The number of thioether (sulfide) groups is 1. The molecule has 8 heteroatoms. The van der Waals surface area contributed by atoms with Crippen molar-refractivity contribution in [3.05, 3.63) is 54.6 Å². The molecule has 2 aromatic carbocycles. The van der Waals surface area contributed by atoms with E-state index in [1.807, 2.05) is 30.3 Å². The van der Waals surface area contributed by atoms with Crippen LogP contribution in [0.4, 0.5) is 11.4 Å². The number of nitrogens with zero attached hydrogens (tertiary/aromatic N) is 2. The summed E-state index contributed by atoms with van der Waals surface area (Å²) in [5.74, 6) is -0.204. The summed E-state index contributed by atoms with van der Waals surface area (Å²) in [5.41, 5.74) is 1.37. The number of benzene rings is 2. The Bertz CT molecular complexity index is 913. The van der Waals surface area contributed by atoms with E-state index in [0.29, 0.717) is 17.2 Å². The van der Waals surface area contributed by atoms with Crippen molar-refractivity contribution in [2.45, 2.75) is 30.4 Å². The highest BCUT2D eigenvalue weighted by molar-refractivity contribution is 8.00. The van der Waals surface area contributed by atoms with Crippen molar-refractivity contribution < 1.29 is 14.4 Å². The third-order valence-electron chi connectivity index (χ3n) is 3.90. The minimum atomic E-state index is -0.379. The minimum Gasteiger partial charge on any atom is -0.326 e. The predicted molar refractivity (Wildman–Crippen MR) is 110 cm³/mol. The summed E-state index contributed by atoms with van der Waals surface area (Å²) in [6.07, 6.45) is 0.0590. The summed E-state index contributed by atoms with van der Waals surface area (Å²) >= 11 is 1.38. The van der Waals surface area contributed by atoms with E-state index < -0.39 is 0 Å². The molecule has 2 N–H and O–H groups in total. The molecular weight excluding hydrogens is 376 g/mol. The Labute approximate surface area is 167 Å². The van der Waals surface area contributed by atoms with Crippen molar-refractivity contribution in [1.82, 2.24) is 5.32 Å². The summed E-state index contributed by atoms with van der Waals surface area (Å²) in [6.45, 7) is 3.23. The average Bonchev–Trinajstić information content (AvgIpc) is 3.03. The largest absolute Gasteiger partial charge is 0.326 e. The maximum absolute atomic E-state index is 12.5. The Morgan fingerprint density at radius 3 is 2.39 bits per heavy atom. The van der Waals surface area contributed by atoms with Crippen LogP contribution >= 0.6 is 11.8 Å². The first-order chi connectivity index (χ1) is 13.4. The van der Waals surface area contributed by atoms with E-state index in [1.165, 1.54) is 23.7 Å². The highest BCUT2D eigenvalue weighted by Gasteiger charge is 2.27. The first-order valence-corrected chi connectivity index (χ1v) is 9.61. The monoisotopic (exact) mass is 396 g/mol. The molecule has 1 unspecified atom stereocenters. The lowest BCUT2D eigenvalue weighted by molar-refractivity contribution is -0.119. The number of carbonyl (C=O) groups is 3. The van der Waals surface area contributed by atoms with Crippen molar-refractivity contribution >= 4 is 46.7 Å². The number of hydrazone groups is 1. The van der Waals surface area contributed by atoms with Crippen LogP contribution in [-0.4, -0.2) is 28.8 Å². The second kappa shape index (κ2) is 8.71. The molecular formula is C20H20N4O3S. The second-order valence-electron chi connectivity index (χ2n) is 6.22. The lowest BCUT2D eigenvalue weighted by atomic mass is 10.3. The summed E-state index contributed by atoms with van der Waals surface area (Å²) in [4.78, 5) is 36.6. The van der Waals surface area contributed by atoms with Gasteiger partial charge in [0.1, 0.15) is 5.84 Å². The van der Waals surface area contributed by atoms with Crippen LogP contribution in [0.1, 0.15) is 20.3 Å². The number of carbonyl (C=O) groups excluding carboxylic acids is 3. The highest BCUT2D eigenvalue weighted by atomic mass is 32.2. The Balaban J connectivity index is 1.58. The van der Waals surface area contributed by atoms with Gasteiger partial charge in [-0.2, -0.15) is 10.1 Å². The topological polar surface area (TPSA) is 90.9 Å². The molecule has 0 bridgehead atoms. The van der Waals surface area contributed by atoms with E-state index in [9.17, 15) is 14.4 Å². The molecule has 0 fully saturated rings. The fraction of sp³-hybridized carbons (Fsp3) is 0.200. The summed E-state index contributed by atoms with van der Waals surface area (Å²) in [6, 6.07) is 16.3. The molecule has 0 saturated carbocycles. The number of rotatable bonds is 5. The maximum atomic E-state index is 12.5. The number of amidine groups is 1. The van der Waals surface area contributed by atoms with Crippen molar-refractivity contribution in [2.24, 2.45) is 5.10 Å². The molecule has 1 aliphatic heterocycles. The SMILES string of the molecule is CC(=O)Nc1ccc(SC(C)C(=O)NC2=NN(c3ccccc3)C(=O)C2)cc1. The summed E-state index contributed by atoms with van der Waals surface area (Å²) < 4.78 is 0. The lowest BCUT2D eigenvalue weighted by Crippen LogP contribution is -2.35. The van der Waals surface area contributed by atoms with Crippen LogP contribution in [0, 0.1) is 0 Å². The van der Waals surface area contributed by atoms with Gasteiger partial charge >= 0.3 is 0 Å². The summed E-state index contributed by atoms with van der Waals surface area (Å²) in [5, 5.41) is 10.6. The fourth-order valence-corrected chi connectivity index (χ4v) is 3.46. The van der Waals surface area contributed by atoms with Gasteiger partial charge in [-0.15, -0.1) is 11.8 Å². The summed E-state index contributed by atoms with van der Waals surface area (Å²) in [7, 11) is 0. The van der Waals surface area contributed by atoms with Crippen LogP contribution in [0.3, 0.4) is 0 Å². The molecule has 1 atom stereocenters. The van der Waals surface area contributed by atoms with E-state index >= 15 is 0 Å². The molecule has 144 valence electrons. The van der Waals surface area contributed by atoms with Gasteiger partial charge in [-0.3, -0.25) is 14.4 Å². The van der Waals surface area contributed by atoms with Crippen LogP contribution in [0.5, 0.6) is 0 Å². The second-order valence-corrected chi connectivity index (χ2v) is 7.63. The van der Waals surface area contributed by atoms with E-state index in [1.54, 1.807) is 31.2 Å². The third kappa shape index (κ3) is 4.98. The molecule has 0 radical (unpaired) electrons. The first kappa shape index (κ1) is 19.6. The highest BCUT2D eigenvalue weighted by Crippen LogP contribution is 2.25. The van der Waals surface area contributed by atoms with E-state index in [4.69, 9.17) is 0 Å². The van der Waals surface area contributed by atoms with E-state index in [2.05, 4.69) is 15.7 Å². The van der Waals surface area contributed by atoms with Crippen LogP contribution < -0.4 is 15.6 Å². The van der Waals surface area contributed by atoms with Crippen molar-refractivity contribution in [1.29, 1.82) is 0 Å². The molecule has 2 aromatic rings. The molecule has 0 saturated heterocycles. The smallest absolute Gasteiger partial charge is 0.255 e. The molecule has 3 rings (SSSR count). The Hall–Kier alpha value is -3.13. The van der Waals surface area contributed by atoms with E-state index in [0.717, 1.165) is 4.90 Å². The molecule has 28 heavy (non-hydrogen) atoms. The van der Waals surface area contributed by atoms with Crippen LogP contribution in [0.2, 0.25) is 0 Å². The average molecular weight is 396 g/mol. The molecule has 1 heterocycles. The van der Waals surface area contributed by atoms with Crippen molar-refractivity contribution in [2.75, 3.05) is 10.3 Å². The number of anilines is 2. The van der Waals surface area contributed by atoms with Gasteiger partial charge in [-0.25, -0.2) is 0 Å². The first-order valence-electron chi connectivity index (χ1n) is 8.73. The van der Waals surface area contributed by atoms with Gasteiger partial charge in [0.25, 0.3) is 5.91 Å². The Morgan fingerprint density at radius 2 is 1.75 bits per heavy atom. The van der Waals surface area contributed by atoms with Crippen LogP contribution in [0.15, 0.2) is 64.6 Å². The van der Waals surface area contributed by atoms with Crippen LogP contribution in [-0.2, 0) is 14.4 Å². The van der Waals surface area contributed by atoms with Gasteiger partial charge in [0.2, 0.25) is 11.8 Å². The van der Waals surface area contributed by atoms with E-state index in [-0.39, 0.29) is 29.4 Å². The standard InChI is InChI=1S/C20H20N4O3S/c1-13(28-17-10-8-15(9-11-17)21-14(2)25)20(27)22-18-12-19(26)24(23-18)16-6-4-3-5-7-16/h3-11,13H,12H2,1-2H3,(H,21,25)(H,22,23,27). The van der Waals surface area contributed by atoms with Crippen molar-refractivity contribution in [3.8, 4) is 0 Å². The van der Waals surface area contributed by atoms with Gasteiger partial charge in [0.05, 0.1) is 17.4 Å². The van der Waals surface area contributed by atoms with Gasteiger partial charge in [-0.1, -0.05) is 18.2 Å². The Morgan fingerprint density at radius 1 is 1.07 bits per heavy atom.